The zero-order chi connectivity index (χ0) is 18.0. The first-order valence-corrected chi connectivity index (χ1v) is 10.0. The lowest BCUT2D eigenvalue weighted by Gasteiger charge is -2.58. The van der Waals surface area contributed by atoms with Crippen molar-refractivity contribution in [1.29, 1.82) is 0 Å². The highest BCUT2D eigenvalue weighted by molar-refractivity contribution is 5.89. The number of fused-ring (bicyclic) bond motifs is 5. The molecule has 0 aromatic rings. The van der Waals surface area contributed by atoms with Gasteiger partial charge in [-0.05, 0) is 74.5 Å². The van der Waals surface area contributed by atoms with E-state index in [1.807, 2.05) is 0 Å². The average molecular weight is 348 g/mol. The van der Waals surface area contributed by atoms with Crippen LogP contribution in [0.4, 0.5) is 0 Å². The SMILES string of the molecule is C[C@]12CC[C@H](O)CC1=CC[C@@H]1[C@@H]2CC[C@@]2(C)[C@H]1CC[C@]2(O)C(=O)CO. The molecule has 0 bridgehead atoms. The first-order valence-electron chi connectivity index (χ1n) is 10.0. The number of carbonyl (C=O) groups is 1. The molecule has 140 valence electrons. The Hall–Kier alpha value is -0.710. The molecular weight excluding hydrogens is 316 g/mol. The Morgan fingerprint density at radius 2 is 1.88 bits per heavy atom. The van der Waals surface area contributed by atoms with Gasteiger partial charge in [-0.3, -0.25) is 4.79 Å². The van der Waals surface area contributed by atoms with E-state index in [1.54, 1.807) is 0 Å². The van der Waals surface area contributed by atoms with Crippen LogP contribution in [-0.4, -0.2) is 39.4 Å². The van der Waals surface area contributed by atoms with Gasteiger partial charge in [0.2, 0.25) is 0 Å². The summed E-state index contributed by atoms with van der Waals surface area (Å²) in [6.45, 7) is 3.90. The number of allylic oxidation sites excluding steroid dienone is 1. The fourth-order valence-electron chi connectivity index (χ4n) is 7.25. The number of aliphatic hydroxyl groups is 3. The van der Waals surface area contributed by atoms with E-state index >= 15 is 0 Å². The minimum Gasteiger partial charge on any atom is -0.393 e. The molecule has 4 rings (SSSR count). The Morgan fingerprint density at radius 3 is 2.60 bits per heavy atom. The lowest BCUT2D eigenvalue weighted by molar-refractivity contribution is -0.163. The Labute approximate surface area is 150 Å². The number of Topliss-reactive ketones (excluding diaryl/α,β-unsaturated/α-hetero) is 1. The van der Waals surface area contributed by atoms with Crippen LogP contribution in [0.1, 0.15) is 65.2 Å². The van der Waals surface area contributed by atoms with Crippen molar-refractivity contribution in [3.8, 4) is 0 Å². The van der Waals surface area contributed by atoms with Crippen LogP contribution in [0.25, 0.3) is 0 Å². The fraction of sp³-hybridized carbons (Fsp3) is 0.857. The second-order valence-electron chi connectivity index (χ2n) is 9.59. The topological polar surface area (TPSA) is 77.8 Å². The summed E-state index contributed by atoms with van der Waals surface area (Å²) in [6.07, 6.45) is 9.17. The summed E-state index contributed by atoms with van der Waals surface area (Å²) >= 11 is 0. The predicted molar refractivity (Wildman–Crippen MR) is 94.8 cm³/mol. The Morgan fingerprint density at radius 1 is 1.16 bits per heavy atom. The van der Waals surface area contributed by atoms with Gasteiger partial charge in [0.1, 0.15) is 12.2 Å². The molecule has 0 saturated heterocycles. The quantitative estimate of drug-likeness (QED) is 0.670. The largest absolute Gasteiger partial charge is 0.393 e. The third-order valence-corrected chi connectivity index (χ3v) is 8.83. The summed E-state index contributed by atoms with van der Waals surface area (Å²) in [7, 11) is 0. The molecule has 0 amide bonds. The second-order valence-corrected chi connectivity index (χ2v) is 9.59. The maximum Gasteiger partial charge on any atom is 0.190 e. The predicted octanol–water partition coefficient (Wildman–Crippen LogP) is 2.60. The smallest absolute Gasteiger partial charge is 0.190 e. The molecule has 0 radical (unpaired) electrons. The number of carbonyl (C=O) groups excluding carboxylic acids is 1. The van der Waals surface area contributed by atoms with Crippen LogP contribution >= 0.6 is 0 Å². The molecule has 25 heavy (non-hydrogen) atoms. The molecule has 3 fully saturated rings. The van der Waals surface area contributed by atoms with Crippen LogP contribution in [-0.2, 0) is 4.79 Å². The van der Waals surface area contributed by atoms with Crippen molar-refractivity contribution in [1.82, 2.24) is 0 Å². The van der Waals surface area contributed by atoms with E-state index in [0.29, 0.717) is 24.2 Å². The number of aliphatic hydroxyl groups excluding tert-OH is 2. The van der Waals surface area contributed by atoms with Crippen LogP contribution in [0, 0.1) is 28.6 Å². The van der Waals surface area contributed by atoms with Crippen molar-refractivity contribution < 1.29 is 20.1 Å². The van der Waals surface area contributed by atoms with Gasteiger partial charge in [-0.2, -0.15) is 0 Å². The van der Waals surface area contributed by atoms with Crippen molar-refractivity contribution in [2.24, 2.45) is 28.6 Å². The fourth-order valence-corrected chi connectivity index (χ4v) is 7.25. The Bertz CT molecular complexity index is 613. The molecule has 0 aliphatic heterocycles. The zero-order valence-corrected chi connectivity index (χ0v) is 15.5. The van der Waals surface area contributed by atoms with Crippen molar-refractivity contribution in [3.63, 3.8) is 0 Å². The van der Waals surface area contributed by atoms with Crippen LogP contribution < -0.4 is 0 Å². The molecule has 0 aromatic heterocycles. The van der Waals surface area contributed by atoms with E-state index in [2.05, 4.69) is 19.9 Å². The molecule has 0 heterocycles. The van der Waals surface area contributed by atoms with Gasteiger partial charge in [-0.1, -0.05) is 25.5 Å². The third kappa shape index (κ3) is 2.20. The van der Waals surface area contributed by atoms with E-state index in [0.717, 1.165) is 44.9 Å². The van der Waals surface area contributed by atoms with Crippen molar-refractivity contribution in [2.45, 2.75) is 76.9 Å². The zero-order valence-electron chi connectivity index (χ0n) is 15.5. The van der Waals surface area contributed by atoms with Gasteiger partial charge in [0, 0.05) is 5.41 Å². The molecule has 4 heteroatoms. The summed E-state index contributed by atoms with van der Waals surface area (Å²) in [4.78, 5) is 12.3. The summed E-state index contributed by atoms with van der Waals surface area (Å²) < 4.78 is 0. The molecule has 3 N–H and O–H groups in total. The van der Waals surface area contributed by atoms with E-state index in [9.17, 15) is 20.1 Å². The molecule has 0 aromatic carbocycles. The number of hydrogen-bond acceptors (Lipinski definition) is 4. The van der Waals surface area contributed by atoms with Crippen molar-refractivity contribution in [2.75, 3.05) is 6.61 Å². The minimum atomic E-state index is -1.36. The molecule has 4 aliphatic rings. The molecule has 7 atom stereocenters. The maximum atomic E-state index is 12.3. The van der Waals surface area contributed by atoms with Gasteiger partial charge in [0.25, 0.3) is 0 Å². The monoisotopic (exact) mass is 348 g/mol. The Kier molecular flexibility index (Phi) is 3.99. The maximum absolute atomic E-state index is 12.3. The summed E-state index contributed by atoms with van der Waals surface area (Å²) in [6, 6.07) is 0. The van der Waals surface area contributed by atoms with Gasteiger partial charge >= 0.3 is 0 Å². The Balaban J connectivity index is 1.68. The van der Waals surface area contributed by atoms with Gasteiger partial charge in [-0.15, -0.1) is 0 Å². The third-order valence-electron chi connectivity index (χ3n) is 8.83. The lowest BCUT2D eigenvalue weighted by atomic mass is 9.46. The minimum absolute atomic E-state index is 0.172. The van der Waals surface area contributed by atoms with E-state index in [-0.39, 0.29) is 11.5 Å². The first kappa shape index (κ1) is 17.7. The molecule has 0 spiro atoms. The molecular formula is C21H32O4. The molecule has 4 nitrogen and oxygen atoms in total. The molecule has 0 unspecified atom stereocenters. The summed E-state index contributed by atoms with van der Waals surface area (Å²) in [5.74, 6) is 1.04. The molecule has 4 aliphatic carbocycles. The number of rotatable bonds is 2. The van der Waals surface area contributed by atoms with Crippen LogP contribution in [0.15, 0.2) is 11.6 Å². The standard InChI is InChI=1S/C21H32O4/c1-19-8-5-14(23)11-13(19)3-4-15-16(19)6-9-20(2)17(15)7-10-21(20,25)18(24)12-22/h3,14-17,22-23,25H,4-12H2,1-2H3/t14-,15+,16-,17-,19-,20-,21-/m0/s1. The van der Waals surface area contributed by atoms with Gasteiger partial charge in [-0.25, -0.2) is 0 Å². The van der Waals surface area contributed by atoms with Crippen molar-refractivity contribution >= 4 is 5.78 Å². The van der Waals surface area contributed by atoms with E-state index < -0.39 is 23.4 Å². The average Bonchev–Trinajstić information content (AvgIpc) is 2.87. The first-order chi connectivity index (χ1) is 11.8. The van der Waals surface area contributed by atoms with E-state index in [4.69, 9.17) is 0 Å². The summed E-state index contributed by atoms with van der Waals surface area (Å²) in [5.41, 5.74) is -0.157. The second kappa shape index (κ2) is 5.64. The van der Waals surface area contributed by atoms with Crippen LogP contribution in [0.3, 0.4) is 0 Å². The highest BCUT2D eigenvalue weighted by atomic mass is 16.3. The highest BCUT2D eigenvalue weighted by Gasteiger charge is 2.65. The normalized spacial score (nSPS) is 52.0. The number of hydrogen-bond donors (Lipinski definition) is 3. The van der Waals surface area contributed by atoms with Crippen LogP contribution in [0.5, 0.6) is 0 Å². The van der Waals surface area contributed by atoms with Crippen LogP contribution in [0.2, 0.25) is 0 Å². The number of ketones is 1. The summed E-state index contributed by atoms with van der Waals surface area (Å²) in [5, 5.41) is 30.6. The lowest BCUT2D eigenvalue weighted by Crippen LogP contribution is -2.58. The van der Waals surface area contributed by atoms with Crippen molar-refractivity contribution in [3.05, 3.63) is 11.6 Å². The molecule has 3 saturated carbocycles. The van der Waals surface area contributed by atoms with Gasteiger partial charge in [0.05, 0.1) is 6.10 Å². The highest BCUT2D eigenvalue weighted by Crippen LogP contribution is 2.67. The van der Waals surface area contributed by atoms with Gasteiger partial charge in [0.15, 0.2) is 5.78 Å². The van der Waals surface area contributed by atoms with E-state index in [1.165, 1.54) is 5.57 Å². The van der Waals surface area contributed by atoms with Gasteiger partial charge < -0.3 is 15.3 Å².